The summed E-state index contributed by atoms with van der Waals surface area (Å²) >= 11 is 7.10. The van der Waals surface area contributed by atoms with Crippen LogP contribution in [-0.4, -0.2) is 63.8 Å². The summed E-state index contributed by atoms with van der Waals surface area (Å²) in [6.45, 7) is 7.16. The van der Waals surface area contributed by atoms with Crippen molar-refractivity contribution < 1.29 is 19.4 Å². The Balaban J connectivity index is 1.72. The van der Waals surface area contributed by atoms with E-state index in [1.165, 1.54) is 0 Å². The molecule has 1 amide bonds. The number of hydrogen-bond acceptors (Lipinski definition) is 7. The third kappa shape index (κ3) is 4.88. The molecule has 0 aromatic carbocycles. The van der Waals surface area contributed by atoms with Gasteiger partial charge in [-0.15, -0.1) is 0 Å². The molecule has 2 aromatic heterocycles. The molecule has 0 aliphatic carbocycles. The molecule has 3 rings (SSSR count). The molecule has 3 N–H and O–H groups in total. The number of carboxylic acids is 1. The average Bonchev–Trinajstić information content (AvgIpc) is 3.23. The lowest BCUT2D eigenvalue weighted by Gasteiger charge is -2.38. The van der Waals surface area contributed by atoms with Gasteiger partial charge in [0.2, 0.25) is 0 Å². The SMILES string of the molecule is CCCO[C@H]1CN(c2nc(C)c(C(=O)O)s2)CCC1NC(=O)c1nc(Cl)c(C)[nH]1. The van der Waals surface area contributed by atoms with Crippen LogP contribution in [0.4, 0.5) is 5.13 Å². The molecule has 9 nitrogen and oxygen atoms in total. The fourth-order valence-electron chi connectivity index (χ4n) is 3.19. The highest BCUT2D eigenvalue weighted by Crippen LogP contribution is 2.29. The number of aromatic amines is 1. The smallest absolute Gasteiger partial charge is 0.347 e. The van der Waals surface area contributed by atoms with Crippen LogP contribution < -0.4 is 10.2 Å². The molecule has 0 bridgehead atoms. The van der Waals surface area contributed by atoms with E-state index in [9.17, 15) is 14.7 Å². The summed E-state index contributed by atoms with van der Waals surface area (Å²) in [5.41, 5.74) is 1.14. The number of aromatic nitrogens is 3. The van der Waals surface area contributed by atoms with Gasteiger partial charge in [0.05, 0.1) is 23.5 Å². The van der Waals surface area contributed by atoms with Crippen LogP contribution in [0.1, 0.15) is 51.4 Å². The number of ether oxygens (including phenoxy) is 1. The van der Waals surface area contributed by atoms with Crippen molar-refractivity contribution in [2.75, 3.05) is 24.6 Å². The second kappa shape index (κ2) is 9.10. The van der Waals surface area contributed by atoms with Gasteiger partial charge in [-0.3, -0.25) is 4.79 Å². The molecule has 2 atom stereocenters. The van der Waals surface area contributed by atoms with Crippen molar-refractivity contribution in [2.24, 2.45) is 0 Å². The summed E-state index contributed by atoms with van der Waals surface area (Å²) in [5, 5.41) is 13.2. The van der Waals surface area contributed by atoms with Gasteiger partial charge in [0.15, 0.2) is 16.1 Å². The molecule has 3 heterocycles. The minimum Gasteiger partial charge on any atom is -0.477 e. The Morgan fingerprint density at radius 2 is 2.17 bits per heavy atom. The van der Waals surface area contributed by atoms with E-state index in [4.69, 9.17) is 16.3 Å². The fourth-order valence-corrected chi connectivity index (χ4v) is 4.27. The molecule has 0 radical (unpaired) electrons. The summed E-state index contributed by atoms with van der Waals surface area (Å²) in [6, 6.07) is -0.200. The normalized spacial score (nSPS) is 19.4. The zero-order chi connectivity index (χ0) is 21.1. The quantitative estimate of drug-likeness (QED) is 0.603. The van der Waals surface area contributed by atoms with Gasteiger partial charge in [0, 0.05) is 19.7 Å². The highest BCUT2D eigenvalue weighted by atomic mass is 35.5. The largest absolute Gasteiger partial charge is 0.477 e. The molecule has 1 aliphatic rings. The number of piperidine rings is 1. The van der Waals surface area contributed by atoms with Gasteiger partial charge in [0.1, 0.15) is 4.88 Å². The van der Waals surface area contributed by atoms with Crippen LogP contribution in [0.5, 0.6) is 0 Å². The molecule has 1 unspecified atom stereocenters. The van der Waals surface area contributed by atoms with Gasteiger partial charge < -0.3 is 25.0 Å². The van der Waals surface area contributed by atoms with E-state index in [2.05, 4.69) is 20.3 Å². The van der Waals surface area contributed by atoms with Gasteiger partial charge in [0.25, 0.3) is 5.91 Å². The molecule has 1 saturated heterocycles. The number of amides is 1. The Morgan fingerprint density at radius 1 is 1.41 bits per heavy atom. The minimum atomic E-state index is -0.973. The molecule has 0 saturated carbocycles. The lowest BCUT2D eigenvalue weighted by molar-refractivity contribution is 0.0204. The maximum Gasteiger partial charge on any atom is 0.347 e. The van der Waals surface area contributed by atoms with E-state index in [1.54, 1.807) is 13.8 Å². The van der Waals surface area contributed by atoms with Crippen LogP contribution >= 0.6 is 22.9 Å². The third-order valence-corrected chi connectivity index (χ3v) is 6.28. The van der Waals surface area contributed by atoms with Crippen molar-refractivity contribution in [3.05, 3.63) is 27.2 Å². The van der Waals surface area contributed by atoms with E-state index in [-0.39, 0.29) is 33.9 Å². The number of aryl methyl sites for hydroxylation is 2. The molecule has 29 heavy (non-hydrogen) atoms. The number of H-pyrrole nitrogens is 1. The van der Waals surface area contributed by atoms with E-state index in [0.29, 0.717) is 42.6 Å². The number of thiazole rings is 1. The predicted octanol–water partition coefficient (Wildman–Crippen LogP) is 2.64. The lowest BCUT2D eigenvalue weighted by atomic mass is 10.0. The highest BCUT2D eigenvalue weighted by Gasteiger charge is 2.33. The summed E-state index contributed by atoms with van der Waals surface area (Å²) in [4.78, 5) is 37.5. The summed E-state index contributed by atoms with van der Waals surface area (Å²) < 4.78 is 5.99. The molecule has 11 heteroatoms. The van der Waals surface area contributed by atoms with Crippen LogP contribution in [0.3, 0.4) is 0 Å². The first-order valence-corrected chi connectivity index (χ1v) is 10.6. The Morgan fingerprint density at radius 3 is 2.76 bits per heavy atom. The first-order chi connectivity index (χ1) is 13.8. The Hall–Kier alpha value is -2.17. The zero-order valence-electron chi connectivity index (χ0n) is 16.5. The number of hydrogen-bond donors (Lipinski definition) is 3. The van der Waals surface area contributed by atoms with Crippen molar-refractivity contribution in [2.45, 2.75) is 45.8 Å². The zero-order valence-corrected chi connectivity index (χ0v) is 18.1. The number of halogens is 1. The number of nitrogens with zero attached hydrogens (tertiary/aromatic N) is 3. The van der Waals surface area contributed by atoms with E-state index in [0.717, 1.165) is 17.8 Å². The number of nitrogens with one attached hydrogen (secondary N) is 2. The molecular weight excluding hydrogens is 418 g/mol. The number of carboxylic acid groups (broad SMARTS) is 1. The fraction of sp³-hybridized carbons (Fsp3) is 0.556. The molecule has 2 aromatic rings. The van der Waals surface area contributed by atoms with Gasteiger partial charge in [-0.05, 0) is 26.7 Å². The van der Waals surface area contributed by atoms with E-state index >= 15 is 0 Å². The van der Waals surface area contributed by atoms with Crippen molar-refractivity contribution in [1.82, 2.24) is 20.3 Å². The summed E-state index contributed by atoms with van der Waals surface area (Å²) in [5.74, 6) is -1.13. The monoisotopic (exact) mass is 441 g/mol. The van der Waals surface area contributed by atoms with Gasteiger partial charge in [-0.2, -0.15) is 0 Å². The summed E-state index contributed by atoms with van der Waals surface area (Å²) in [6.07, 6.45) is 1.23. The van der Waals surface area contributed by atoms with E-state index in [1.807, 2.05) is 11.8 Å². The summed E-state index contributed by atoms with van der Waals surface area (Å²) in [7, 11) is 0. The predicted molar refractivity (Wildman–Crippen MR) is 110 cm³/mol. The Labute approximate surface area is 177 Å². The maximum atomic E-state index is 12.6. The molecule has 1 fully saturated rings. The van der Waals surface area contributed by atoms with Crippen LogP contribution in [0.15, 0.2) is 0 Å². The van der Waals surface area contributed by atoms with Crippen molar-refractivity contribution in [1.29, 1.82) is 0 Å². The van der Waals surface area contributed by atoms with E-state index < -0.39 is 5.97 Å². The maximum absolute atomic E-state index is 12.6. The van der Waals surface area contributed by atoms with Crippen molar-refractivity contribution in [3.63, 3.8) is 0 Å². The molecule has 158 valence electrons. The number of anilines is 1. The highest BCUT2D eigenvalue weighted by molar-refractivity contribution is 7.17. The number of rotatable bonds is 7. The van der Waals surface area contributed by atoms with Gasteiger partial charge >= 0.3 is 5.97 Å². The second-order valence-corrected chi connectivity index (χ2v) is 8.28. The van der Waals surface area contributed by atoms with Gasteiger partial charge in [-0.25, -0.2) is 14.8 Å². The second-order valence-electron chi connectivity index (χ2n) is 6.94. The van der Waals surface area contributed by atoms with Crippen LogP contribution in [0.25, 0.3) is 0 Å². The van der Waals surface area contributed by atoms with Crippen LogP contribution in [-0.2, 0) is 4.74 Å². The number of carbonyl (C=O) groups excluding carboxylic acids is 1. The third-order valence-electron chi connectivity index (χ3n) is 4.70. The average molecular weight is 442 g/mol. The number of carbonyl (C=O) groups is 2. The topological polar surface area (TPSA) is 120 Å². The van der Waals surface area contributed by atoms with Crippen molar-refractivity contribution >= 4 is 39.9 Å². The molecule has 0 spiro atoms. The number of imidazole rings is 1. The first-order valence-electron chi connectivity index (χ1n) is 9.40. The van der Waals surface area contributed by atoms with Crippen LogP contribution in [0, 0.1) is 13.8 Å². The Bertz CT molecular complexity index is 879. The van der Waals surface area contributed by atoms with Crippen LogP contribution in [0.2, 0.25) is 5.15 Å². The van der Waals surface area contributed by atoms with Gasteiger partial charge in [-0.1, -0.05) is 29.9 Å². The lowest BCUT2D eigenvalue weighted by Crippen LogP contribution is -2.55. The standard InChI is InChI=1S/C18H24ClN5O4S/c1-4-7-28-12-8-24(18-21-9(2)13(29-18)17(26)27)6-5-11(12)22-16(25)15-20-10(3)14(19)23-15/h11-12H,4-8H2,1-3H3,(H,20,23)(H,22,25)(H,26,27)/t11?,12-/m0/s1. The van der Waals surface area contributed by atoms with Crippen molar-refractivity contribution in [3.8, 4) is 0 Å². The first kappa shape index (κ1) is 21.5. The molecular formula is C18H24ClN5O4S. The number of aromatic carboxylic acids is 1. The Kier molecular flexibility index (Phi) is 6.76. The molecule has 1 aliphatic heterocycles. The minimum absolute atomic E-state index is 0.172.